The summed E-state index contributed by atoms with van der Waals surface area (Å²) in [6, 6.07) is 6.49. The lowest BCUT2D eigenvalue weighted by atomic mass is 9.97. The molecule has 0 aliphatic carbocycles. The van der Waals surface area contributed by atoms with Gasteiger partial charge in [0.2, 0.25) is 0 Å². The Kier molecular flexibility index (Phi) is 2.80. The summed E-state index contributed by atoms with van der Waals surface area (Å²) in [4.78, 5) is 0. The molecule has 0 saturated carbocycles. The number of hydrogen-bond donors (Lipinski definition) is 1. The van der Waals surface area contributed by atoms with Crippen LogP contribution in [0.5, 0.6) is 5.75 Å². The maximum atomic E-state index is 5.41. The molecule has 1 aromatic rings. The van der Waals surface area contributed by atoms with Gasteiger partial charge < -0.3 is 14.8 Å². The van der Waals surface area contributed by atoms with Crippen LogP contribution in [0.15, 0.2) is 18.2 Å². The van der Waals surface area contributed by atoms with Crippen molar-refractivity contribution in [2.45, 2.75) is 19.4 Å². The van der Waals surface area contributed by atoms with Gasteiger partial charge in [-0.1, -0.05) is 6.07 Å². The maximum absolute atomic E-state index is 5.41. The summed E-state index contributed by atoms with van der Waals surface area (Å²) < 4.78 is 10.7. The van der Waals surface area contributed by atoms with Gasteiger partial charge in [0, 0.05) is 5.56 Å². The molecule has 16 heavy (non-hydrogen) atoms. The van der Waals surface area contributed by atoms with E-state index in [1.807, 2.05) is 0 Å². The van der Waals surface area contributed by atoms with Gasteiger partial charge in [0.1, 0.15) is 5.75 Å². The normalized spacial score (nSPS) is 23.9. The number of rotatable bonds is 2. The second kappa shape index (κ2) is 4.44. The van der Waals surface area contributed by atoms with Gasteiger partial charge in [-0.25, -0.2) is 0 Å². The van der Waals surface area contributed by atoms with Crippen molar-refractivity contribution in [1.29, 1.82) is 0 Å². The van der Waals surface area contributed by atoms with Crippen LogP contribution in [0.4, 0.5) is 0 Å². The minimum atomic E-state index is 0.388. The molecule has 2 heterocycles. The molecule has 1 fully saturated rings. The molecule has 1 unspecified atom stereocenters. The van der Waals surface area contributed by atoms with Gasteiger partial charge in [0.15, 0.2) is 6.79 Å². The van der Waals surface area contributed by atoms with Crippen molar-refractivity contribution in [2.75, 3.05) is 19.9 Å². The zero-order valence-electron chi connectivity index (χ0n) is 9.37. The van der Waals surface area contributed by atoms with E-state index in [1.165, 1.54) is 30.5 Å². The molecule has 3 rings (SSSR count). The van der Waals surface area contributed by atoms with Crippen LogP contribution >= 0.6 is 0 Å². The van der Waals surface area contributed by atoms with E-state index >= 15 is 0 Å². The number of nitrogens with one attached hydrogen (secondary N) is 1. The lowest BCUT2D eigenvalue weighted by Gasteiger charge is -2.19. The average Bonchev–Trinajstić information content (AvgIpc) is 2.82. The summed E-state index contributed by atoms with van der Waals surface area (Å²) in [5.41, 5.74) is 2.59. The SMILES string of the molecule is c1cc2c(cc1CC1CCNC1)COCO2. The Labute approximate surface area is 95.8 Å². The van der Waals surface area contributed by atoms with Crippen molar-refractivity contribution in [1.82, 2.24) is 5.32 Å². The van der Waals surface area contributed by atoms with Crippen molar-refractivity contribution in [3.8, 4) is 5.75 Å². The predicted molar refractivity (Wildman–Crippen MR) is 61.4 cm³/mol. The first-order valence-corrected chi connectivity index (χ1v) is 5.95. The molecule has 3 heteroatoms. The van der Waals surface area contributed by atoms with Crippen LogP contribution in [-0.4, -0.2) is 19.9 Å². The van der Waals surface area contributed by atoms with Crippen molar-refractivity contribution >= 4 is 0 Å². The van der Waals surface area contributed by atoms with Crippen molar-refractivity contribution in [2.24, 2.45) is 5.92 Å². The van der Waals surface area contributed by atoms with E-state index in [1.54, 1.807) is 0 Å². The topological polar surface area (TPSA) is 30.5 Å². The van der Waals surface area contributed by atoms with E-state index < -0.39 is 0 Å². The van der Waals surface area contributed by atoms with Crippen LogP contribution in [0.1, 0.15) is 17.5 Å². The van der Waals surface area contributed by atoms with Gasteiger partial charge in [-0.05, 0) is 49.5 Å². The van der Waals surface area contributed by atoms with Gasteiger partial charge in [0.25, 0.3) is 0 Å². The third kappa shape index (κ3) is 2.06. The second-order valence-electron chi connectivity index (χ2n) is 4.62. The predicted octanol–water partition coefficient (Wildman–Crippen LogP) is 1.71. The standard InChI is InChI=1S/C13H17NO2/c1-2-13-12(8-15-9-16-13)6-10(1)5-11-3-4-14-7-11/h1-2,6,11,14H,3-5,7-9H2. The Morgan fingerprint density at radius 3 is 3.25 bits per heavy atom. The summed E-state index contributed by atoms with van der Waals surface area (Å²) in [7, 11) is 0. The second-order valence-corrected chi connectivity index (χ2v) is 4.62. The molecule has 0 bridgehead atoms. The summed E-state index contributed by atoms with van der Waals surface area (Å²) in [6.45, 7) is 3.40. The highest BCUT2D eigenvalue weighted by Gasteiger charge is 2.16. The molecule has 3 nitrogen and oxygen atoms in total. The Balaban J connectivity index is 1.74. The van der Waals surface area contributed by atoms with Crippen molar-refractivity contribution in [3.05, 3.63) is 29.3 Å². The summed E-state index contributed by atoms with van der Waals surface area (Å²) >= 11 is 0. The first-order valence-electron chi connectivity index (χ1n) is 5.95. The van der Waals surface area contributed by atoms with E-state index in [0.717, 1.165) is 18.2 Å². The fourth-order valence-corrected chi connectivity index (χ4v) is 2.49. The summed E-state index contributed by atoms with van der Waals surface area (Å²) in [5, 5.41) is 3.41. The average molecular weight is 219 g/mol. The van der Waals surface area contributed by atoms with E-state index in [2.05, 4.69) is 23.5 Å². The molecule has 2 aliphatic heterocycles. The lowest BCUT2D eigenvalue weighted by Crippen LogP contribution is -2.13. The van der Waals surface area contributed by atoms with Gasteiger partial charge in [-0.15, -0.1) is 0 Å². The summed E-state index contributed by atoms with van der Waals surface area (Å²) in [5.74, 6) is 1.78. The van der Waals surface area contributed by atoms with Crippen molar-refractivity contribution in [3.63, 3.8) is 0 Å². The fourth-order valence-electron chi connectivity index (χ4n) is 2.49. The minimum Gasteiger partial charge on any atom is -0.467 e. The molecule has 0 aromatic heterocycles. The van der Waals surface area contributed by atoms with Crippen LogP contribution in [-0.2, 0) is 17.8 Å². The Morgan fingerprint density at radius 1 is 1.38 bits per heavy atom. The number of hydrogen-bond acceptors (Lipinski definition) is 3. The molecule has 1 saturated heterocycles. The maximum Gasteiger partial charge on any atom is 0.189 e. The van der Waals surface area contributed by atoms with Gasteiger partial charge >= 0.3 is 0 Å². The molecule has 0 amide bonds. The molecular weight excluding hydrogens is 202 g/mol. The van der Waals surface area contributed by atoms with E-state index in [9.17, 15) is 0 Å². The fraction of sp³-hybridized carbons (Fsp3) is 0.538. The van der Waals surface area contributed by atoms with Gasteiger partial charge in [-0.3, -0.25) is 0 Å². The molecule has 0 spiro atoms. The molecule has 1 N–H and O–H groups in total. The molecule has 1 atom stereocenters. The Hall–Kier alpha value is -1.06. The van der Waals surface area contributed by atoms with E-state index in [-0.39, 0.29) is 0 Å². The molecular formula is C13H17NO2. The highest BCUT2D eigenvalue weighted by Crippen LogP contribution is 2.26. The van der Waals surface area contributed by atoms with E-state index in [4.69, 9.17) is 9.47 Å². The Bertz CT molecular complexity index is 372. The number of fused-ring (bicyclic) bond motifs is 1. The number of benzene rings is 1. The monoisotopic (exact) mass is 219 g/mol. The van der Waals surface area contributed by atoms with Crippen molar-refractivity contribution < 1.29 is 9.47 Å². The third-order valence-electron chi connectivity index (χ3n) is 3.37. The molecule has 0 radical (unpaired) electrons. The molecule has 1 aromatic carbocycles. The first-order chi connectivity index (χ1) is 7.92. The third-order valence-corrected chi connectivity index (χ3v) is 3.37. The zero-order valence-corrected chi connectivity index (χ0v) is 9.37. The highest BCUT2D eigenvalue weighted by molar-refractivity contribution is 5.37. The quantitative estimate of drug-likeness (QED) is 0.821. The van der Waals surface area contributed by atoms with E-state index in [0.29, 0.717) is 13.4 Å². The van der Waals surface area contributed by atoms with Crippen LogP contribution < -0.4 is 10.1 Å². The minimum absolute atomic E-state index is 0.388. The van der Waals surface area contributed by atoms with Gasteiger partial charge in [-0.2, -0.15) is 0 Å². The smallest absolute Gasteiger partial charge is 0.189 e. The van der Waals surface area contributed by atoms with Crippen LogP contribution in [0.2, 0.25) is 0 Å². The highest BCUT2D eigenvalue weighted by atomic mass is 16.7. The van der Waals surface area contributed by atoms with Gasteiger partial charge in [0.05, 0.1) is 6.61 Å². The zero-order chi connectivity index (χ0) is 10.8. The Morgan fingerprint density at radius 2 is 2.38 bits per heavy atom. The largest absolute Gasteiger partial charge is 0.467 e. The molecule has 86 valence electrons. The number of ether oxygens (including phenoxy) is 2. The first kappa shape index (κ1) is 10.1. The lowest BCUT2D eigenvalue weighted by molar-refractivity contribution is -0.0164. The van der Waals surface area contributed by atoms with Crippen LogP contribution in [0.25, 0.3) is 0 Å². The molecule has 2 aliphatic rings. The summed E-state index contributed by atoms with van der Waals surface area (Å²) in [6.07, 6.45) is 2.46. The van der Waals surface area contributed by atoms with Crippen LogP contribution in [0.3, 0.4) is 0 Å². The van der Waals surface area contributed by atoms with Crippen LogP contribution in [0, 0.1) is 5.92 Å².